The standard InChI is InChI=1S/C24H17F6N9O2S/c1-11(21-38-34-10-41-21)35-20(40)17-18(24(28,29)30)36-22(42-17)37-19-14-4-5-39(8-16(14)32-9-33-19)13-3-2-12(7-31)15(6-13)23(25,26)27/h2-3,6,9-11H,4-5,8H2,1H3,(H,35,40)(H,32,33,36,37). The smallest absolute Gasteiger partial charge is 0.426 e. The summed E-state index contributed by atoms with van der Waals surface area (Å²) in [5, 5.41) is 21.0. The fourth-order valence-electron chi connectivity index (χ4n) is 4.26. The van der Waals surface area contributed by atoms with Gasteiger partial charge in [0.2, 0.25) is 12.3 Å². The number of alkyl halides is 6. The van der Waals surface area contributed by atoms with E-state index in [1.165, 1.54) is 19.1 Å². The van der Waals surface area contributed by atoms with E-state index in [0.29, 0.717) is 22.6 Å². The van der Waals surface area contributed by atoms with Crippen LogP contribution in [0.5, 0.6) is 0 Å². The van der Waals surface area contributed by atoms with Crippen molar-refractivity contribution in [2.75, 3.05) is 16.8 Å². The van der Waals surface area contributed by atoms with Gasteiger partial charge in [-0.05, 0) is 31.5 Å². The summed E-state index contributed by atoms with van der Waals surface area (Å²) < 4.78 is 86.7. The average molecular weight is 610 g/mol. The number of anilines is 3. The molecule has 3 aromatic heterocycles. The average Bonchev–Trinajstić information content (AvgIpc) is 3.63. The number of hydrogen-bond donors (Lipinski definition) is 2. The van der Waals surface area contributed by atoms with Gasteiger partial charge in [-0.3, -0.25) is 4.79 Å². The summed E-state index contributed by atoms with van der Waals surface area (Å²) in [6.07, 6.45) is -7.27. The molecule has 0 aliphatic carbocycles. The van der Waals surface area contributed by atoms with Crippen LogP contribution in [0.25, 0.3) is 0 Å². The number of nitriles is 1. The number of nitrogens with one attached hydrogen (secondary N) is 2. The maximum Gasteiger partial charge on any atom is 0.435 e. The fraction of sp³-hybridized carbons (Fsp3) is 0.292. The number of benzene rings is 1. The molecule has 1 atom stereocenters. The first-order valence-corrected chi connectivity index (χ1v) is 12.8. The first kappa shape index (κ1) is 28.7. The summed E-state index contributed by atoms with van der Waals surface area (Å²) in [6.45, 7) is 1.75. The Morgan fingerprint density at radius 2 is 1.98 bits per heavy atom. The van der Waals surface area contributed by atoms with Crippen molar-refractivity contribution in [2.45, 2.75) is 38.3 Å². The van der Waals surface area contributed by atoms with Crippen molar-refractivity contribution in [3.63, 3.8) is 0 Å². The number of fused-ring (bicyclic) bond motifs is 1. The van der Waals surface area contributed by atoms with Gasteiger partial charge in [0.1, 0.15) is 23.1 Å². The van der Waals surface area contributed by atoms with Crippen molar-refractivity contribution in [1.29, 1.82) is 5.26 Å². The van der Waals surface area contributed by atoms with Gasteiger partial charge >= 0.3 is 12.4 Å². The first-order chi connectivity index (χ1) is 19.8. The highest BCUT2D eigenvalue weighted by Gasteiger charge is 2.40. The molecule has 2 N–H and O–H groups in total. The summed E-state index contributed by atoms with van der Waals surface area (Å²) in [5.74, 6) is -0.916. The molecule has 0 saturated carbocycles. The van der Waals surface area contributed by atoms with Gasteiger partial charge in [-0.2, -0.15) is 31.6 Å². The second-order valence-electron chi connectivity index (χ2n) is 8.95. The lowest BCUT2D eigenvalue weighted by atomic mass is 10.0. The van der Waals surface area contributed by atoms with E-state index in [-0.39, 0.29) is 42.0 Å². The molecule has 0 saturated heterocycles. The normalized spacial score (nSPS) is 14.2. The predicted octanol–water partition coefficient (Wildman–Crippen LogP) is 5.02. The van der Waals surface area contributed by atoms with Crippen molar-refractivity contribution >= 4 is 33.9 Å². The molecule has 18 heteroatoms. The van der Waals surface area contributed by atoms with E-state index in [1.807, 2.05) is 0 Å². The topological polar surface area (TPSA) is 146 Å². The quantitative estimate of drug-likeness (QED) is 0.286. The Bertz CT molecular complexity index is 1660. The number of aromatic nitrogens is 5. The van der Waals surface area contributed by atoms with Gasteiger partial charge in [0.15, 0.2) is 10.8 Å². The summed E-state index contributed by atoms with van der Waals surface area (Å²) in [7, 11) is 0. The van der Waals surface area contributed by atoms with Crippen molar-refractivity contribution in [2.24, 2.45) is 0 Å². The molecule has 1 aromatic carbocycles. The van der Waals surface area contributed by atoms with Gasteiger partial charge in [-0.25, -0.2) is 15.0 Å². The fourth-order valence-corrected chi connectivity index (χ4v) is 5.15. The molecular weight excluding hydrogens is 592 g/mol. The van der Waals surface area contributed by atoms with Crippen LogP contribution in [-0.2, 0) is 25.3 Å². The maximum absolute atomic E-state index is 13.8. The summed E-state index contributed by atoms with van der Waals surface area (Å²) in [6, 6.07) is 4.05. The third-order valence-corrected chi connectivity index (χ3v) is 7.19. The SMILES string of the molecule is CC(NC(=O)c1sc(Nc2ncnc3c2CCN(c2ccc(C#N)c(C(F)(F)F)c2)C3)nc1C(F)(F)F)c1nnco1. The van der Waals surface area contributed by atoms with Crippen LogP contribution in [0.15, 0.2) is 35.3 Å². The van der Waals surface area contributed by atoms with Gasteiger partial charge in [0, 0.05) is 17.8 Å². The van der Waals surface area contributed by atoms with Crippen LogP contribution in [0, 0.1) is 11.3 Å². The molecule has 5 rings (SSSR count). The van der Waals surface area contributed by atoms with E-state index in [1.54, 1.807) is 4.90 Å². The Labute approximate surface area is 236 Å². The number of thiazole rings is 1. The number of carbonyl (C=O) groups excluding carboxylic acids is 1. The summed E-state index contributed by atoms with van der Waals surface area (Å²) >= 11 is 0.459. The molecule has 1 amide bonds. The number of carbonyl (C=O) groups is 1. The number of halogens is 6. The minimum atomic E-state index is -4.95. The maximum atomic E-state index is 13.8. The number of rotatable bonds is 6. The van der Waals surface area contributed by atoms with E-state index in [2.05, 4.69) is 35.8 Å². The van der Waals surface area contributed by atoms with Crippen LogP contribution in [0.3, 0.4) is 0 Å². The molecule has 4 heterocycles. The van der Waals surface area contributed by atoms with Crippen LogP contribution < -0.4 is 15.5 Å². The van der Waals surface area contributed by atoms with Crippen molar-refractivity contribution in [3.05, 3.63) is 69.8 Å². The van der Waals surface area contributed by atoms with Crippen molar-refractivity contribution in [3.8, 4) is 6.07 Å². The monoisotopic (exact) mass is 609 g/mol. The lowest BCUT2D eigenvalue weighted by molar-refractivity contribution is -0.141. The van der Waals surface area contributed by atoms with Crippen LogP contribution in [-0.4, -0.2) is 37.6 Å². The Kier molecular flexibility index (Phi) is 7.45. The van der Waals surface area contributed by atoms with Gasteiger partial charge in [0.05, 0.1) is 29.4 Å². The zero-order valence-electron chi connectivity index (χ0n) is 21.2. The van der Waals surface area contributed by atoms with Crippen LogP contribution in [0.4, 0.5) is 43.0 Å². The second kappa shape index (κ2) is 10.9. The summed E-state index contributed by atoms with van der Waals surface area (Å²) in [4.78, 5) is 25.6. The van der Waals surface area contributed by atoms with Crippen LogP contribution >= 0.6 is 11.3 Å². The van der Waals surface area contributed by atoms with Gasteiger partial charge < -0.3 is 20.0 Å². The lowest BCUT2D eigenvalue weighted by Crippen LogP contribution is -2.32. The molecule has 4 aromatic rings. The molecule has 0 radical (unpaired) electrons. The largest absolute Gasteiger partial charge is 0.435 e. The van der Waals surface area contributed by atoms with Crippen LogP contribution in [0.2, 0.25) is 0 Å². The highest BCUT2D eigenvalue weighted by Crippen LogP contribution is 2.39. The Morgan fingerprint density at radius 1 is 1.19 bits per heavy atom. The highest BCUT2D eigenvalue weighted by atomic mass is 32.1. The number of hydrogen-bond acceptors (Lipinski definition) is 11. The first-order valence-electron chi connectivity index (χ1n) is 12.0. The minimum absolute atomic E-state index is 0.00272. The molecule has 1 unspecified atom stereocenters. The van der Waals surface area contributed by atoms with Crippen LogP contribution in [0.1, 0.15) is 56.6 Å². The minimum Gasteiger partial charge on any atom is -0.426 e. The molecule has 0 bridgehead atoms. The molecule has 1 aliphatic rings. The Balaban J connectivity index is 1.39. The van der Waals surface area contributed by atoms with E-state index in [4.69, 9.17) is 9.68 Å². The van der Waals surface area contributed by atoms with E-state index < -0.39 is 46.0 Å². The summed E-state index contributed by atoms with van der Waals surface area (Å²) in [5.41, 5.74) is -1.79. The Morgan fingerprint density at radius 3 is 2.64 bits per heavy atom. The van der Waals surface area contributed by atoms with Gasteiger partial charge in [-0.15, -0.1) is 10.2 Å². The zero-order chi connectivity index (χ0) is 30.2. The number of amides is 1. The second-order valence-corrected chi connectivity index (χ2v) is 9.95. The molecule has 11 nitrogen and oxygen atoms in total. The van der Waals surface area contributed by atoms with Crippen molar-refractivity contribution in [1.82, 2.24) is 30.5 Å². The third kappa shape index (κ3) is 5.81. The molecular formula is C24H17F6N9O2S. The zero-order valence-corrected chi connectivity index (χ0v) is 22.0. The van der Waals surface area contributed by atoms with E-state index >= 15 is 0 Å². The molecule has 0 fully saturated rings. The lowest BCUT2D eigenvalue weighted by Gasteiger charge is -2.31. The highest BCUT2D eigenvalue weighted by molar-refractivity contribution is 7.17. The van der Waals surface area contributed by atoms with E-state index in [9.17, 15) is 31.1 Å². The third-order valence-electron chi connectivity index (χ3n) is 6.22. The van der Waals surface area contributed by atoms with Gasteiger partial charge in [-0.1, -0.05) is 11.3 Å². The predicted molar refractivity (Wildman–Crippen MR) is 134 cm³/mol. The van der Waals surface area contributed by atoms with Crippen molar-refractivity contribution < 1.29 is 35.6 Å². The molecule has 0 spiro atoms. The molecule has 1 aliphatic heterocycles. The molecule has 42 heavy (non-hydrogen) atoms. The van der Waals surface area contributed by atoms with E-state index in [0.717, 1.165) is 24.9 Å². The number of nitrogens with zero attached hydrogens (tertiary/aromatic N) is 7. The van der Waals surface area contributed by atoms with Gasteiger partial charge in [0.25, 0.3) is 5.91 Å². The Hall–Kier alpha value is -4.79. The molecule has 218 valence electrons.